The number of carbonyl (C=O) groups is 1. The van der Waals surface area contributed by atoms with Crippen molar-refractivity contribution in [3.8, 4) is 11.5 Å². The predicted molar refractivity (Wildman–Crippen MR) is 112 cm³/mol. The van der Waals surface area contributed by atoms with Gasteiger partial charge >= 0.3 is 0 Å². The third-order valence-electron chi connectivity index (χ3n) is 4.18. The minimum absolute atomic E-state index is 0.0983. The summed E-state index contributed by atoms with van der Waals surface area (Å²) < 4.78 is 0. The Balaban J connectivity index is 1.97. The highest BCUT2D eigenvalue weighted by Crippen LogP contribution is 2.28. The molecule has 0 aromatic heterocycles. The van der Waals surface area contributed by atoms with E-state index in [-0.39, 0.29) is 23.0 Å². The van der Waals surface area contributed by atoms with Crippen LogP contribution in [0, 0.1) is 0 Å². The number of amides is 1. The largest absolute Gasteiger partial charge is 0.508 e. The number of allylic oxidation sites excluding steroid dienone is 1. The molecule has 0 aliphatic rings. The van der Waals surface area contributed by atoms with E-state index in [4.69, 9.17) is 0 Å². The van der Waals surface area contributed by atoms with Crippen LogP contribution in [-0.2, 0) is 6.54 Å². The molecule has 0 unspecified atom stereocenters. The predicted octanol–water partition coefficient (Wildman–Crippen LogP) is 4.89. The van der Waals surface area contributed by atoms with E-state index in [1.165, 1.54) is 12.1 Å². The number of nitrogens with zero attached hydrogens (tertiary/aromatic N) is 1. The minimum atomic E-state index is -0.359. The van der Waals surface area contributed by atoms with E-state index in [0.717, 1.165) is 23.0 Å². The number of benzene rings is 3. The van der Waals surface area contributed by atoms with Crippen molar-refractivity contribution in [1.29, 1.82) is 0 Å². The second-order valence-corrected chi connectivity index (χ2v) is 6.53. The van der Waals surface area contributed by atoms with Crippen molar-refractivity contribution in [3.05, 3.63) is 96.2 Å². The number of aromatic hydroxyl groups is 2. The summed E-state index contributed by atoms with van der Waals surface area (Å²) >= 11 is 0. The van der Waals surface area contributed by atoms with Crippen LogP contribution in [0.15, 0.2) is 85.1 Å². The fourth-order valence-electron chi connectivity index (χ4n) is 2.86. The zero-order valence-corrected chi connectivity index (χ0v) is 15.6. The number of anilines is 2. The van der Waals surface area contributed by atoms with Gasteiger partial charge in [0.2, 0.25) is 0 Å². The second-order valence-electron chi connectivity index (χ2n) is 6.53. The average molecular weight is 374 g/mol. The first kappa shape index (κ1) is 19.0. The Hall–Kier alpha value is -3.73. The summed E-state index contributed by atoms with van der Waals surface area (Å²) in [7, 11) is 0. The Labute approximate surface area is 164 Å². The van der Waals surface area contributed by atoms with Crippen LogP contribution in [0.4, 0.5) is 11.4 Å². The molecule has 0 fully saturated rings. The minimum Gasteiger partial charge on any atom is -0.508 e. The molecular weight excluding hydrogens is 352 g/mol. The molecule has 142 valence electrons. The van der Waals surface area contributed by atoms with Crippen LogP contribution in [0.3, 0.4) is 0 Å². The molecule has 0 bridgehead atoms. The van der Waals surface area contributed by atoms with Crippen LogP contribution in [0.2, 0.25) is 0 Å². The van der Waals surface area contributed by atoms with Crippen molar-refractivity contribution < 1.29 is 15.0 Å². The number of hydrogen-bond donors (Lipinski definition) is 3. The lowest BCUT2D eigenvalue weighted by molar-refractivity contribution is 0.0982. The van der Waals surface area contributed by atoms with Crippen LogP contribution in [0.1, 0.15) is 22.8 Å². The van der Waals surface area contributed by atoms with Gasteiger partial charge in [-0.1, -0.05) is 36.9 Å². The van der Waals surface area contributed by atoms with Gasteiger partial charge < -0.3 is 20.4 Å². The van der Waals surface area contributed by atoms with Gasteiger partial charge in [-0.3, -0.25) is 4.79 Å². The smallest absolute Gasteiger partial charge is 0.262 e. The van der Waals surface area contributed by atoms with Crippen molar-refractivity contribution in [1.82, 2.24) is 0 Å². The van der Waals surface area contributed by atoms with Gasteiger partial charge in [-0.05, 0) is 48.9 Å². The molecule has 1 amide bonds. The summed E-state index contributed by atoms with van der Waals surface area (Å²) in [5, 5.41) is 22.8. The van der Waals surface area contributed by atoms with E-state index in [1.807, 2.05) is 61.5 Å². The Kier molecular flexibility index (Phi) is 5.65. The fraction of sp³-hybridized carbons (Fsp3) is 0.0870. The molecule has 3 aromatic rings. The van der Waals surface area contributed by atoms with Gasteiger partial charge in [0.05, 0.1) is 12.1 Å². The number of carbonyl (C=O) groups excluding carboxylic acids is 1. The summed E-state index contributed by atoms with van der Waals surface area (Å²) in [5.74, 6) is -0.718. The average Bonchev–Trinajstić information content (AvgIpc) is 2.67. The Bertz CT molecular complexity index is 982. The normalized spacial score (nSPS) is 10.3. The van der Waals surface area contributed by atoms with Gasteiger partial charge in [0, 0.05) is 23.1 Å². The number of nitrogens with one attached hydrogen (secondary N) is 1. The van der Waals surface area contributed by atoms with Crippen molar-refractivity contribution >= 4 is 17.3 Å². The Morgan fingerprint density at radius 3 is 2.29 bits per heavy atom. The molecule has 0 radical (unpaired) electrons. The van der Waals surface area contributed by atoms with Gasteiger partial charge in [0.25, 0.3) is 5.91 Å². The highest BCUT2D eigenvalue weighted by molar-refractivity contribution is 6.07. The van der Waals surface area contributed by atoms with Crippen molar-refractivity contribution in [2.45, 2.75) is 13.5 Å². The van der Waals surface area contributed by atoms with Crippen LogP contribution in [0.5, 0.6) is 11.5 Å². The zero-order chi connectivity index (χ0) is 20.1. The molecule has 0 atom stereocenters. The molecule has 3 N–H and O–H groups in total. The van der Waals surface area contributed by atoms with Gasteiger partial charge in [-0.25, -0.2) is 0 Å². The molecule has 3 aromatic carbocycles. The fourth-order valence-corrected chi connectivity index (χ4v) is 2.86. The summed E-state index contributed by atoms with van der Waals surface area (Å²) in [6, 6.07) is 21.0. The van der Waals surface area contributed by atoms with Gasteiger partial charge in [0.1, 0.15) is 11.5 Å². The standard InChI is InChI=1S/C23H22N2O3/c1-16(2)24-18-8-10-19(11-9-18)25(15-17-6-4-3-5-7-17)23(28)21-13-12-20(26)14-22(21)27/h3-14,24,26-27H,1,15H2,2H3. The van der Waals surface area contributed by atoms with Gasteiger partial charge in [-0.15, -0.1) is 0 Å². The number of phenolic OH excluding ortho intramolecular Hbond substituents is 2. The first-order valence-electron chi connectivity index (χ1n) is 8.84. The first-order valence-corrected chi connectivity index (χ1v) is 8.84. The van der Waals surface area contributed by atoms with E-state index in [2.05, 4.69) is 11.9 Å². The van der Waals surface area contributed by atoms with Crippen LogP contribution >= 0.6 is 0 Å². The molecular formula is C23H22N2O3. The monoisotopic (exact) mass is 374 g/mol. The maximum Gasteiger partial charge on any atom is 0.262 e. The van der Waals surface area contributed by atoms with Crippen LogP contribution < -0.4 is 10.2 Å². The van der Waals surface area contributed by atoms with E-state index < -0.39 is 0 Å². The lowest BCUT2D eigenvalue weighted by Crippen LogP contribution is -2.30. The third kappa shape index (κ3) is 4.51. The summed E-state index contributed by atoms with van der Waals surface area (Å²) in [6.45, 7) is 6.03. The van der Waals surface area contributed by atoms with Crippen LogP contribution in [-0.4, -0.2) is 16.1 Å². The van der Waals surface area contributed by atoms with Crippen molar-refractivity contribution in [3.63, 3.8) is 0 Å². The van der Waals surface area contributed by atoms with E-state index >= 15 is 0 Å². The molecule has 0 aliphatic carbocycles. The Morgan fingerprint density at radius 1 is 1.00 bits per heavy atom. The van der Waals surface area contributed by atoms with Crippen molar-refractivity contribution in [2.75, 3.05) is 10.2 Å². The number of rotatable bonds is 6. The topological polar surface area (TPSA) is 72.8 Å². The SMILES string of the molecule is C=C(C)Nc1ccc(N(Cc2ccccc2)C(=O)c2ccc(O)cc2O)cc1. The molecule has 5 nitrogen and oxygen atoms in total. The quantitative estimate of drug-likeness (QED) is 0.574. The third-order valence-corrected chi connectivity index (χ3v) is 4.18. The summed E-state index contributed by atoms with van der Waals surface area (Å²) in [6.07, 6.45) is 0. The van der Waals surface area contributed by atoms with E-state index in [9.17, 15) is 15.0 Å². The zero-order valence-electron chi connectivity index (χ0n) is 15.6. The van der Waals surface area contributed by atoms with Gasteiger partial charge in [-0.2, -0.15) is 0 Å². The molecule has 3 rings (SSSR count). The molecule has 0 saturated heterocycles. The molecule has 0 spiro atoms. The highest BCUT2D eigenvalue weighted by Gasteiger charge is 2.21. The molecule has 0 saturated carbocycles. The van der Waals surface area contributed by atoms with Gasteiger partial charge in [0.15, 0.2) is 0 Å². The maximum absolute atomic E-state index is 13.2. The van der Waals surface area contributed by atoms with Crippen molar-refractivity contribution in [2.24, 2.45) is 0 Å². The molecule has 28 heavy (non-hydrogen) atoms. The highest BCUT2D eigenvalue weighted by atomic mass is 16.3. The Morgan fingerprint density at radius 2 is 1.68 bits per heavy atom. The number of hydrogen-bond acceptors (Lipinski definition) is 4. The molecule has 0 heterocycles. The first-order chi connectivity index (χ1) is 13.4. The van der Waals surface area contributed by atoms with E-state index in [1.54, 1.807) is 4.90 Å². The number of phenols is 2. The lowest BCUT2D eigenvalue weighted by atomic mass is 10.1. The lowest BCUT2D eigenvalue weighted by Gasteiger charge is -2.24. The molecule has 0 aliphatic heterocycles. The second kappa shape index (κ2) is 8.31. The summed E-state index contributed by atoms with van der Waals surface area (Å²) in [4.78, 5) is 14.8. The summed E-state index contributed by atoms with van der Waals surface area (Å²) in [5.41, 5.74) is 3.46. The van der Waals surface area contributed by atoms with E-state index in [0.29, 0.717) is 12.2 Å². The molecule has 5 heteroatoms. The maximum atomic E-state index is 13.2. The van der Waals surface area contributed by atoms with Crippen LogP contribution in [0.25, 0.3) is 0 Å².